The number of rotatable bonds is 30. The maximum atomic E-state index is 13.7. The van der Waals surface area contributed by atoms with E-state index in [-0.39, 0.29) is 36.0 Å². The van der Waals surface area contributed by atoms with E-state index < -0.39 is 17.5 Å². The number of ether oxygens (including phenoxy) is 10. The van der Waals surface area contributed by atoms with E-state index in [1.165, 1.54) is 24.3 Å². The van der Waals surface area contributed by atoms with Crippen LogP contribution in [0.3, 0.4) is 0 Å². The van der Waals surface area contributed by atoms with E-state index in [1.54, 1.807) is 30.3 Å². The Bertz CT molecular complexity index is 1820. The van der Waals surface area contributed by atoms with Crippen molar-refractivity contribution in [1.29, 1.82) is 0 Å². The number of nitrogens with zero attached hydrogens (tertiary/aromatic N) is 1. The summed E-state index contributed by atoms with van der Waals surface area (Å²) >= 11 is 5.86. The van der Waals surface area contributed by atoms with Gasteiger partial charge in [-0.1, -0.05) is 6.07 Å². The Hall–Kier alpha value is -4.67. The second-order valence-corrected chi connectivity index (χ2v) is 13.9. The SMILES string of the molecule is NCCOCCOCCOCCOCCN(CCOCCOCCOCCOCCC(=O)O)C(=S)Nc1ccc2c(c1)C(=O)OC21c2ccc(O)cc2Oc2cc(O)ccc21. The first-order valence-electron chi connectivity index (χ1n) is 20.1. The van der Waals surface area contributed by atoms with Crippen molar-refractivity contribution in [3.05, 3.63) is 76.9 Å². The molecule has 18 nitrogen and oxygen atoms in total. The number of thiocarbonyl (C=S) groups is 1. The van der Waals surface area contributed by atoms with E-state index in [0.29, 0.717) is 152 Å². The minimum absolute atomic E-state index is 0.0309. The van der Waals surface area contributed by atoms with Crippen molar-refractivity contribution in [1.82, 2.24) is 4.90 Å². The number of nitrogens with one attached hydrogen (secondary N) is 1. The predicted octanol–water partition coefficient (Wildman–Crippen LogP) is 3.23. The average molecular weight is 874 g/mol. The maximum Gasteiger partial charge on any atom is 0.340 e. The smallest absolute Gasteiger partial charge is 0.340 e. The van der Waals surface area contributed by atoms with Crippen LogP contribution in [0.25, 0.3) is 0 Å². The fourth-order valence-corrected chi connectivity index (χ4v) is 6.72. The van der Waals surface area contributed by atoms with Gasteiger partial charge < -0.3 is 78.6 Å². The first-order chi connectivity index (χ1) is 29.7. The van der Waals surface area contributed by atoms with Crippen LogP contribution in [0.2, 0.25) is 0 Å². The van der Waals surface area contributed by atoms with E-state index in [0.717, 1.165) is 0 Å². The number of carbonyl (C=O) groups is 2. The number of hydrogen-bond acceptors (Lipinski definition) is 16. The van der Waals surface area contributed by atoms with Crippen LogP contribution in [0.1, 0.15) is 33.5 Å². The van der Waals surface area contributed by atoms with Crippen LogP contribution < -0.4 is 15.8 Å². The Morgan fingerprint density at radius 2 is 1.08 bits per heavy atom. The summed E-state index contributed by atoms with van der Waals surface area (Å²) in [7, 11) is 0. The highest BCUT2D eigenvalue weighted by Gasteiger charge is 2.53. The fourth-order valence-electron chi connectivity index (χ4n) is 6.42. The fraction of sp³-hybridized carbons (Fsp3) is 0.500. The van der Waals surface area contributed by atoms with Crippen LogP contribution >= 0.6 is 12.2 Å². The standard InChI is InChI=1S/C42H55N3O15S/c43-8-12-52-16-20-56-24-26-58-22-18-54-14-10-45(9-13-53-17-21-57-25-23-55-19-15-51-11-7-39(48)49)41(61)44-30-1-4-34-33(27-30)40(50)60-42(34)35-5-2-31(46)28-37(35)59-38-29-32(47)3-6-36(38)42/h1-6,27-29,46-47H,7-26,43H2,(H,44,61)(H,48,49). The summed E-state index contributed by atoms with van der Waals surface area (Å²) in [4.78, 5) is 26.1. The Balaban J connectivity index is 1.13. The number of fused-ring (bicyclic) bond motifs is 6. The molecule has 0 aromatic heterocycles. The van der Waals surface area contributed by atoms with Gasteiger partial charge in [0.1, 0.15) is 23.0 Å². The number of phenolic OH excluding ortho intramolecular Hbond substituents is 2. The van der Waals surface area contributed by atoms with Crippen LogP contribution in [-0.2, 0) is 53.0 Å². The number of aromatic hydroxyl groups is 2. The molecular weight excluding hydrogens is 819 g/mol. The Labute approximate surface area is 359 Å². The highest BCUT2D eigenvalue weighted by Crippen LogP contribution is 2.57. The number of carboxylic acid groups (broad SMARTS) is 1. The van der Waals surface area contributed by atoms with Crippen LogP contribution in [0.5, 0.6) is 23.0 Å². The summed E-state index contributed by atoms with van der Waals surface area (Å²) in [5.74, 6) is -0.955. The van der Waals surface area contributed by atoms with E-state index >= 15 is 0 Å². The lowest BCUT2D eigenvalue weighted by Crippen LogP contribution is -2.39. The largest absolute Gasteiger partial charge is 0.508 e. The number of aliphatic carboxylic acids is 1. The van der Waals surface area contributed by atoms with Gasteiger partial charge in [0.15, 0.2) is 10.7 Å². The van der Waals surface area contributed by atoms with Gasteiger partial charge in [-0.15, -0.1) is 0 Å². The van der Waals surface area contributed by atoms with Crippen LogP contribution in [-0.4, -0.2) is 163 Å². The van der Waals surface area contributed by atoms with Gasteiger partial charge >= 0.3 is 11.9 Å². The number of esters is 1. The first-order valence-corrected chi connectivity index (χ1v) is 20.5. The lowest BCUT2D eigenvalue weighted by atomic mass is 9.77. The Morgan fingerprint density at radius 3 is 1.56 bits per heavy atom. The van der Waals surface area contributed by atoms with E-state index in [4.69, 9.17) is 70.4 Å². The molecule has 3 aromatic rings. The first kappa shape index (κ1) is 47.4. The van der Waals surface area contributed by atoms with Gasteiger partial charge in [0, 0.05) is 54.1 Å². The molecule has 3 aromatic carbocycles. The zero-order valence-corrected chi connectivity index (χ0v) is 34.8. The van der Waals surface area contributed by atoms with Crippen molar-refractivity contribution in [3.63, 3.8) is 0 Å². The molecule has 6 N–H and O–H groups in total. The molecule has 0 unspecified atom stereocenters. The van der Waals surface area contributed by atoms with Gasteiger partial charge in [-0.3, -0.25) is 4.79 Å². The monoisotopic (exact) mass is 873 g/mol. The molecule has 2 aliphatic heterocycles. The third kappa shape index (κ3) is 14.2. The summed E-state index contributed by atoms with van der Waals surface area (Å²) in [6, 6.07) is 14.5. The quantitative estimate of drug-likeness (QED) is 0.0368. The van der Waals surface area contributed by atoms with Gasteiger partial charge in [-0.25, -0.2) is 4.79 Å². The highest BCUT2D eigenvalue weighted by molar-refractivity contribution is 7.80. The van der Waals surface area contributed by atoms with E-state index in [9.17, 15) is 19.8 Å². The van der Waals surface area contributed by atoms with Crippen LogP contribution in [0.15, 0.2) is 54.6 Å². The lowest BCUT2D eigenvalue weighted by Gasteiger charge is -2.36. The predicted molar refractivity (Wildman–Crippen MR) is 224 cm³/mol. The molecule has 2 aliphatic rings. The van der Waals surface area contributed by atoms with Crippen molar-refractivity contribution in [3.8, 4) is 23.0 Å². The summed E-state index contributed by atoms with van der Waals surface area (Å²) in [5, 5.41) is 32.7. The molecule has 0 bridgehead atoms. The summed E-state index contributed by atoms with van der Waals surface area (Å²) in [6.07, 6.45) is -0.0455. The molecule has 2 heterocycles. The minimum atomic E-state index is -1.39. The maximum absolute atomic E-state index is 13.7. The number of benzene rings is 3. The number of phenols is 2. The minimum Gasteiger partial charge on any atom is -0.508 e. The highest BCUT2D eigenvalue weighted by atomic mass is 32.1. The van der Waals surface area contributed by atoms with Gasteiger partial charge in [-0.2, -0.15) is 0 Å². The molecule has 0 radical (unpaired) electrons. The molecule has 1 spiro atoms. The molecule has 0 aliphatic carbocycles. The summed E-state index contributed by atoms with van der Waals surface area (Å²) < 4.78 is 56.5. The number of hydrogen-bond donors (Lipinski definition) is 5. The molecule has 0 saturated carbocycles. The molecule has 0 atom stereocenters. The zero-order valence-electron chi connectivity index (χ0n) is 34.0. The molecule has 0 saturated heterocycles. The molecule has 0 fully saturated rings. The number of nitrogens with two attached hydrogens (primary N) is 1. The third-order valence-electron chi connectivity index (χ3n) is 9.28. The van der Waals surface area contributed by atoms with Crippen LogP contribution in [0, 0.1) is 0 Å². The topological polar surface area (TPSA) is 228 Å². The van der Waals surface area contributed by atoms with E-state index in [2.05, 4.69) is 5.32 Å². The molecule has 61 heavy (non-hydrogen) atoms. The Kier molecular flexibility index (Phi) is 19.7. The van der Waals surface area contributed by atoms with Crippen molar-refractivity contribution in [2.45, 2.75) is 12.0 Å². The summed E-state index contributed by atoms with van der Waals surface area (Å²) in [6.45, 7) is 7.32. The van der Waals surface area contributed by atoms with Crippen molar-refractivity contribution in [2.75, 3.05) is 131 Å². The van der Waals surface area contributed by atoms with Crippen molar-refractivity contribution < 1.29 is 72.3 Å². The number of anilines is 1. The van der Waals surface area contributed by atoms with Gasteiger partial charge in [-0.05, 0) is 48.6 Å². The number of carboxylic acids is 1. The van der Waals surface area contributed by atoms with Crippen LogP contribution in [0.4, 0.5) is 5.69 Å². The number of carbonyl (C=O) groups excluding carboxylic acids is 1. The lowest BCUT2D eigenvalue weighted by molar-refractivity contribution is -0.138. The zero-order chi connectivity index (χ0) is 43.3. The van der Waals surface area contributed by atoms with Crippen molar-refractivity contribution >= 4 is 35.0 Å². The van der Waals surface area contributed by atoms with Crippen molar-refractivity contribution in [2.24, 2.45) is 5.73 Å². The summed E-state index contributed by atoms with van der Waals surface area (Å²) in [5.41, 5.74) is 6.49. The second-order valence-electron chi connectivity index (χ2n) is 13.5. The average Bonchev–Trinajstić information content (AvgIpc) is 3.52. The van der Waals surface area contributed by atoms with Gasteiger partial charge in [0.2, 0.25) is 0 Å². The molecule has 5 rings (SSSR count). The normalized spacial score (nSPS) is 13.3. The Morgan fingerprint density at radius 1 is 0.639 bits per heavy atom. The third-order valence-corrected chi connectivity index (χ3v) is 9.64. The molecule has 19 heteroatoms. The van der Waals surface area contributed by atoms with E-state index in [1.807, 2.05) is 4.90 Å². The van der Waals surface area contributed by atoms with Gasteiger partial charge in [0.25, 0.3) is 0 Å². The molecule has 0 amide bonds. The molecule has 334 valence electrons. The van der Waals surface area contributed by atoms with Gasteiger partial charge in [0.05, 0.1) is 118 Å². The molecular formula is C42H55N3O15S. The second kappa shape index (κ2) is 25.3.